The lowest BCUT2D eigenvalue weighted by atomic mass is 10.0. The maximum absolute atomic E-state index is 10.5. The summed E-state index contributed by atoms with van der Waals surface area (Å²) >= 11 is 0. The summed E-state index contributed by atoms with van der Waals surface area (Å²) in [5.74, 6) is -1.15. The molecule has 2 N–H and O–H groups in total. The fourth-order valence-corrected chi connectivity index (χ4v) is 1.38. The van der Waals surface area contributed by atoms with E-state index in [1.54, 1.807) is 6.92 Å². The maximum Gasteiger partial charge on any atom is 0.306 e. The molecule has 6 nitrogen and oxygen atoms in total. The van der Waals surface area contributed by atoms with Crippen molar-refractivity contribution in [1.82, 2.24) is 0 Å². The van der Waals surface area contributed by atoms with Crippen LogP contribution in [0, 0.1) is 17.0 Å². The number of aryl methyl sites for hydroxylation is 1. The fraction of sp³-hybridized carbons (Fsp3) is 0.300. The molecule has 86 valence electrons. The number of carbonyl (C=O) groups is 1. The Morgan fingerprint density at radius 1 is 1.56 bits per heavy atom. The van der Waals surface area contributed by atoms with E-state index < -0.39 is 23.4 Å². The zero-order valence-corrected chi connectivity index (χ0v) is 8.58. The van der Waals surface area contributed by atoms with Gasteiger partial charge in [0.05, 0.1) is 17.4 Å². The number of benzene rings is 1. The summed E-state index contributed by atoms with van der Waals surface area (Å²) in [5, 5.41) is 28.6. The van der Waals surface area contributed by atoms with Crippen LogP contribution in [0.15, 0.2) is 18.2 Å². The van der Waals surface area contributed by atoms with Gasteiger partial charge in [-0.05, 0) is 18.1 Å². The molecular formula is C10H11NO5. The minimum Gasteiger partial charge on any atom is -0.481 e. The summed E-state index contributed by atoms with van der Waals surface area (Å²) in [4.78, 5) is 20.3. The Morgan fingerprint density at radius 2 is 2.19 bits per heavy atom. The van der Waals surface area contributed by atoms with E-state index in [2.05, 4.69) is 0 Å². The lowest BCUT2D eigenvalue weighted by molar-refractivity contribution is -0.385. The highest BCUT2D eigenvalue weighted by atomic mass is 16.6. The Hall–Kier alpha value is -1.95. The Balaban J connectivity index is 3.06. The van der Waals surface area contributed by atoms with Gasteiger partial charge in [0.2, 0.25) is 0 Å². The number of aliphatic hydroxyl groups excluding tert-OH is 1. The van der Waals surface area contributed by atoms with Gasteiger partial charge in [0.1, 0.15) is 0 Å². The molecule has 16 heavy (non-hydrogen) atoms. The van der Waals surface area contributed by atoms with Gasteiger partial charge in [0.25, 0.3) is 5.69 Å². The van der Waals surface area contributed by atoms with Crippen molar-refractivity contribution in [2.45, 2.75) is 19.4 Å². The molecule has 0 amide bonds. The lowest BCUT2D eigenvalue weighted by Gasteiger charge is -2.10. The first-order valence-electron chi connectivity index (χ1n) is 4.56. The second kappa shape index (κ2) is 4.71. The third kappa shape index (κ3) is 2.77. The smallest absolute Gasteiger partial charge is 0.306 e. The minimum atomic E-state index is -1.22. The average molecular weight is 225 g/mol. The second-order valence-electron chi connectivity index (χ2n) is 3.41. The van der Waals surface area contributed by atoms with E-state index in [1.165, 1.54) is 18.2 Å². The van der Waals surface area contributed by atoms with E-state index in [0.717, 1.165) is 0 Å². The van der Waals surface area contributed by atoms with Crippen LogP contribution in [-0.4, -0.2) is 21.1 Å². The molecule has 1 aromatic rings. The number of hydrogen-bond donors (Lipinski definition) is 2. The molecule has 0 heterocycles. The Morgan fingerprint density at radius 3 is 2.69 bits per heavy atom. The van der Waals surface area contributed by atoms with Crippen molar-refractivity contribution < 1.29 is 19.9 Å². The van der Waals surface area contributed by atoms with Crippen LogP contribution in [0.4, 0.5) is 5.69 Å². The van der Waals surface area contributed by atoms with Crippen LogP contribution in [-0.2, 0) is 4.79 Å². The predicted molar refractivity (Wildman–Crippen MR) is 55.0 cm³/mol. The number of aliphatic carboxylic acids is 1. The summed E-state index contributed by atoms with van der Waals surface area (Å²) in [5.41, 5.74) is 0.737. The van der Waals surface area contributed by atoms with Crippen LogP contribution in [0.3, 0.4) is 0 Å². The van der Waals surface area contributed by atoms with Crippen LogP contribution in [0.2, 0.25) is 0 Å². The highest BCUT2D eigenvalue weighted by Crippen LogP contribution is 2.25. The maximum atomic E-state index is 10.5. The Labute approximate surface area is 91.3 Å². The number of carboxylic acid groups (broad SMARTS) is 1. The molecule has 0 aliphatic rings. The molecule has 0 aliphatic heterocycles. The summed E-state index contributed by atoms with van der Waals surface area (Å²) < 4.78 is 0. The lowest BCUT2D eigenvalue weighted by Crippen LogP contribution is -2.07. The zero-order valence-electron chi connectivity index (χ0n) is 8.58. The van der Waals surface area contributed by atoms with Crippen LogP contribution < -0.4 is 0 Å². The minimum absolute atomic E-state index is 0.162. The summed E-state index contributed by atoms with van der Waals surface area (Å²) in [6.07, 6.45) is -1.69. The third-order valence-electron chi connectivity index (χ3n) is 2.20. The number of nitrogens with zero attached hydrogens (tertiary/aromatic N) is 1. The van der Waals surface area contributed by atoms with Crippen molar-refractivity contribution in [2.75, 3.05) is 0 Å². The van der Waals surface area contributed by atoms with Gasteiger partial charge in [0.15, 0.2) is 0 Å². The van der Waals surface area contributed by atoms with Gasteiger partial charge in [0, 0.05) is 12.1 Å². The molecule has 0 fully saturated rings. The number of nitro benzene ring substituents is 1. The van der Waals surface area contributed by atoms with Crippen molar-refractivity contribution >= 4 is 11.7 Å². The van der Waals surface area contributed by atoms with Crippen molar-refractivity contribution in [2.24, 2.45) is 0 Å². The zero-order chi connectivity index (χ0) is 12.3. The number of hydrogen-bond acceptors (Lipinski definition) is 4. The van der Waals surface area contributed by atoms with E-state index in [0.29, 0.717) is 5.56 Å². The molecule has 0 saturated carbocycles. The van der Waals surface area contributed by atoms with E-state index in [9.17, 15) is 20.0 Å². The molecule has 0 aromatic heterocycles. The topological polar surface area (TPSA) is 101 Å². The SMILES string of the molecule is Cc1ccc([N+](=O)[O-])cc1[C@@H](O)CC(=O)O. The first kappa shape index (κ1) is 12.1. The molecule has 0 unspecified atom stereocenters. The molecule has 0 saturated heterocycles. The monoisotopic (exact) mass is 225 g/mol. The molecule has 1 atom stereocenters. The highest BCUT2D eigenvalue weighted by Gasteiger charge is 2.17. The Bertz CT molecular complexity index is 429. The van der Waals surface area contributed by atoms with Gasteiger partial charge in [-0.1, -0.05) is 6.07 Å². The van der Waals surface area contributed by atoms with Gasteiger partial charge in [-0.3, -0.25) is 14.9 Å². The van der Waals surface area contributed by atoms with Gasteiger partial charge in [-0.2, -0.15) is 0 Å². The van der Waals surface area contributed by atoms with Crippen molar-refractivity contribution in [3.05, 3.63) is 39.4 Å². The van der Waals surface area contributed by atoms with Crippen LogP contribution in [0.1, 0.15) is 23.7 Å². The fourth-order valence-electron chi connectivity index (χ4n) is 1.38. The largest absolute Gasteiger partial charge is 0.481 e. The van der Waals surface area contributed by atoms with E-state index >= 15 is 0 Å². The number of aliphatic hydroxyl groups is 1. The van der Waals surface area contributed by atoms with Crippen LogP contribution in [0.25, 0.3) is 0 Å². The van der Waals surface area contributed by atoms with E-state index in [4.69, 9.17) is 5.11 Å². The van der Waals surface area contributed by atoms with E-state index in [1.807, 2.05) is 0 Å². The first-order valence-corrected chi connectivity index (χ1v) is 4.56. The summed E-state index contributed by atoms with van der Waals surface area (Å²) in [6, 6.07) is 3.99. The number of non-ortho nitro benzene ring substituents is 1. The number of nitro groups is 1. The van der Waals surface area contributed by atoms with Gasteiger partial charge >= 0.3 is 5.97 Å². The van der Waals surface area contributed by atoms with E-state index in [-0.39, 0.29) is 11.3 Å². The normalized spacial score (nSPS) is 12.1. The predicted octanol–water partition coefficient (Wildman–Crippen LogP) is 1.41. The quantitative estimate of drug-likeness (QED) is 0.596. The number of carboxylic acids is 1. The molecule has 1 rings (SSSR count). The molecule has 6 heteroatoms. The molecule has 1 aromatic carbocycles. The van der Waals surface area contributed by atoms with Crippen LogP contribution >= 0.6 is 0 Å². The van der Waals surface area contributed by atoms with Gasteiger partial charge in [-0.25, -0.2) is 0 Å². The second-order valence-corrected chi connectivity index (χ2v) is 3.41. The first-order chi connectivity index (χ1) is 7.41. The molecular weight excluding hydrogens is 214 g/mol. The molecule has 0 radical (unpaired) electrons. The van der Waals surface area contributed by atoms with Crippen molar-refractivity contribution in [1.29, 1.82) is 0 Å². The summed E-state index contributed by atoms with van der Waals surface area (Å²) in [7, 11) is 0. The molecule has 0 aliphatic carbocycles. The van der Waals surface area contributed by atoms with Crippen LogP contribution in [0.5, 0.6) is 0 Å². The summed E-state index contributed by atoms with van der Waals surface area (Å²) in [6.45, 7) is 1.66. The van der Waals surface area contributed by atoms with Gasteiger partial charge < -0.3 is 10.2 Å². The average Bonchev–Trinajstić information content (AvgIpc) is 2.16. The number of rotatable bonds is 4. The molecule has 0 spiro atoms. The standard InChI is InChI=1S/C10H11NO5/c1-6-2-3-7(11(15)16)4-8(6)9(12)5-10(13)14/h2-4,9,12H,5H2,1H3,(H,13,14)/t9-/m0/s1. The third-order valence-corrected chi connectivity index (χ3v) is 2.20. The van der Waals surface area contributed by atoms with Crippen molar-refractivity contribution in [3.8, 4) is 0 Å². The van der Waals surface area contributed by atoms with Gasteiger partial charge in [-0.15, -0.1) is 0 Å². The Kier molecular flexibility index (Phi) is 3.57. The highest BCUT2D eigenvalue weighted by molar-refractivity contribution is 5.67. The van der Waals surface area contributed by atoms with Crippen molar-refractivity contribution in [3.63, 3.8) is 0 Å². The molecule has 0 bridgehead atoms.